The van der Waals surface area contributed by atoms with Crippen LogP contribution in [0.3, 0.4) is 0 Å². The number of aryl methyl sites for hydroxylation is 1. The summed E-state index contributed by atoms with van der Waals surface area (Å²) in [7, 11) is 0. The van der Waals surface area contributed by atoms with Crippen LogP contribution in [-0.4, -0.2) is 19.5 Å². The molecule has 0 bridgehead atoms. The fourth-order valence-corrected chi connectivity index (χ4v) is 2.40. The summed E-state index contributed by atoms with van der Waals surface area (Å²) >= 11 is 0. The summed E-state index contributed by atoms with van der Waals surface area (Å²) in [6.45, 7) is 2.41. The van der Waals surface area contributed by atoms with Crippen molar-refractivity contribution < 1.29 is 8.78 Å². The van der Waals surface area contributed by atoms with Crippen LogP contribution in [0.25, 0.3) is 22.4 Å². The molecular weight excluding hydrogens is 288 g/mol. The summed E-state index contributed by atoms with van der Waals surface area (Å²) in [5, 5.41) is 9.00. The Bertz CT molecular complexity index is 879. The van der Waals surface area contributed by atoms with Crippen LogP contribution in [0.1, 0.15) is 24.6 Å². The molecule has 1 aromatic carbocycles. The van der Waals surface area contributed by atoms with Crippen LogP contribution in [0.15, 0.2) is 30.7 Å². The van der Waals surface area contributed by atoms with E-state index in [1.807, 2.05) is 6.92 Å². The van der Waals surface area contributed by atoms with Gasteiger partial charge >= 0.3 is 0 Å². The van der Waals surface area contributed by atoms with Crippen molar-refractivity contribution >= 4 is 11.0 Å². The van der Waals surface area contributed by atoms with Crippen LogP contribution in [0.4, 0.5) is 8.78 Å². The van der Waals surface area contributed by atoms with Crippen molar-refractivity contribution in [3.8, 4) is 17.5 Å². The molecule has 7 heteroatoms. The second-order valence-corrected chi connectivity index (χ2v) is 4.62. The van der Waals surface area contributed by atoms with Gasteiger partial charge in [0, 0.05) is 12.7 Å². The van der Waals surface area contributed by atoms with Gasteiger partial charge in [-0.15, -0.1) is 0 Å². The van der Waals surface area contributed by atoms with Gasteiger partial charge in [-0.2, -0.15) is 5.26 Å². The number of imidazole rings is 1. The predicted octanol–water partition coefficient (Wildman–Crippen LogP) is 3.32. The van der Waals surface area contributed by atoms with E-state index in [1.165, 1.54) is 6.20 Å². The number of aromatic nitrogens is 4. The van der Waals surface area contributed by atoms with Gasteiger partial charge in [0.05, 0.1) is 28.2 Å². The molecule has 2 aromatic heterocycles. The van der Waals surface area contributed by atoms with Crippen molar-refractivity contribution in [1.82, 2.24) is 19.5 Å². The minimum atomic E-state index is -2.71. The molecule has 0 atom stereocenters. The predicted molar refractivity (Wildman–Crippen MR) is 76.1 cm³/mol. The molecule has 0 N–H and O–H groups in total. The van der Waals surface area contributed by atoms with Gasteiger partial charge in [0.15, 0.2) is 0 Å². The molecule has 0 aliphatic heterocycles. The lowest BCUT2D eigenvalue weighted by atomic mass is 10.2. The number of alkyl halides is 2. The fourth-order valence-electron chi connectivity index (χ4n) is 2.40. The highest BCUT2D eigenvalue weighted by Crippen LogP contribution is 2.30. The van der Waals surface area contributed by atoms with E-state index >= 15 is 0 Å². The van der Waals surface area contributed by atoms with Crippen molar-refractivity contribution in [2.75, 3.05) is 0 Å². The number of nitrogens with zero attached hydrogens (tertiary/aromatic N) is 5. The molecule has 3 aromatic rings. The number of benzene rings is 1. The van der Waals surface area contributed by atoms with E-state index in [2.05, 4.69) is 21.0 Å². The van der Waals surface area contributed by atoms with Gasteiger partial charge in [-0.1, -0.05) is 0 Å². The standard InChI is InChI=1S/C15H11F2N5/c1-2-22-12-5-9(6-18)3-4-11(12)21-15(22)10-7-19-8-20-13(10)14(16)17/h3-5,7-8,14H,2H2,1H3. The first-order valence-corrected chi connectivity index (χ1v) is 6.64. The van der Waals surface area contributed by atoms with Gasteiger partial charge in [-0.05, 0) is 25.1 Å². The maximum absolute atomic E-state index is 13.2. The van der Waals surface area contributed by atoms with E-state index in [0.717, 1.165) is 11.8 Å². The van der Waals surface area contributed by atoms with E-state index in [4.69, 9.17) is 5.26 Å². The molecule has 2 heterocycles. The highest BCUT2D eigenvalue weighted by Gasteiger charge is 2.21. The van der Waals surface area contributed by atoms with E-state index in [0.29, 0.717) is 23.4 Å². The third kappa shape index (κ3) is 2.19. The maximum Gasteiger partial charge on any atom is 0.281 e. The normalized spacial score (nSPS) is 11.0. The Morgan fingerprint density at radius 1 is 1.36 bits per heavy atom. The van der Waals surface area contributed by atoms with Crippen LogP contribution in [0.2, 0.25) is 0 Å². The lowest BCUT2D eigenvalue weighted by Crippen LogP contribution is -2.02. The molecule has 0 aliphatic carbocycles. The zero-order chi connectivity index (χ0) is 15.7. The second-order valence-electron chi connectivity index (χ2n) is 4.62. The van der Waals surface area contributed by atoms with Gasteiger partial charge in [0.1, 0.15) is 17.8 Å². The summed E-state index contributed by atoms with van der Waals surface area (Å²) in [5.41, 5.74) is 1.71. The molecule has 5 nitrogen and oxygen atoms in total. The fraction of sp³-hybridized carbons (Fsp3) is 0.200. The Morgan fingerprint density at radius 3 is 2.86 bits per heavy atom. The Balaban J connectivity index is 2.30. The van der Waals surface area contributed by atoms with E-state index in [1.54, 1.807) is 22.8 Å². The lowest BCUT2D eigenvalue weighted by Gasteiger charge is -2.09. The summed E-state index contributed by atoms with van der Waals surface area (Å²) in [4.78, 5) is 11.9. The SMILES string of the molecule is CCn1c(-c2cncnc2C(F)F)nc2ccc(C#N)cc21. The van der Waals surface area contributed by atoms with Crippen molar-refractivity contribution in [3.63, 3.8) is 0 Å². The van der Waals surface area contributed by atoms with Gasteiger partial charge in [-0.25, -0.2) is 23.7 Å². The quantitative estimate of drug-likeness (QED) is 0.744. The highest BCUT2D eigenvalue weighted by molar-refractivity contribution is 5.82. The first kappa shape index (κ1) is 14.1. The van der Waals surface area contributed by atoms with Gasteiger partial charge in [0.25, 0.3) is 6.43 Å². The van der Waals surface area contributed by atoms with E-state index in [9.17, 15) is 8.78 Å². The second kappa shape index (κ2) is 5.48. The molecule has 0 spiro atoms. The minimum Gasteiger partial charge on any atom is -0.324 e. The average Bonchev–Trinajstić information content (AvgIpc) is 2.92. The number of rotatable bonds is 3. The molecule has 0 fully saturated rings. The van der Waals surface area contributed by atoms with Gasteiger partial charge in [0.2, 0.25) is 0 Å². The summed E-state index contributed by atoms with van der Waals surface area (Å²) in [5.74, 6) is 0.378. The number of hydrogen-bond donors (Lipinski definition) is 0. The lowest BCUT2D eigenvalue weighted by molar-refractivity contribution is 0.146. The zero-order valence-electron chi connectivity index (χ0n) is 11.7. The minimum absolute atomic E-state index is 0.203. The Morgan fingerprint density at radius 2 is 2.18 bits per heavy atom. The van der Waals surface area contributed by atoms with Gasteiger partial charge < -0.3 is 4.57 Å². The Kier molecular flexibility index (Phi) is 3.51. The molecule has 0 saturated heterocycles. The molecule has 3 rings (SSSR count). The first-order valence-electron chi connectivity index (χ1n) is 6.64. The van der Waals surface area contributed by atoms with Crippen molar-refractivity contribution in [1.29, 1.82) is 5.26 Å². The Labute approximate surface area is 124 Å². The van der Waals surface area contributed by atoms with Crippen molar-refractivity contribution in [3.05, 3.63) is 42.0 Å². The molecular formula is C15H11F2N5. The largest absolute Gasteiger partial charge is 0.324 e. The maximum atomic E-state index is 13.2. The molecule has 0 saturated carbocycles. The van der Waals surface area contributed by atoms with E-state index in [-0.39, 0.29) is 11.3 Å². The molecule has 0 unspecified atom stereocenters. The number of nitriles is 1. The molecule has 0 radical (unpaired) electrons. The molecule has 0 amide bonds. The van der Waals surface area contributed by atoms with Crippen molar-refractivity contribution in [2.45, 2.75) is 19.9 Å². The Hall–Kier alpha value is -2.88. The van der Waals surface area contributed by atoms with Crippen LogP contribution in [-0.2, 0) is 6.54 Å². The number of fused-ring (bicyclic) bond motifs is 1. The monoisotopic (exact) mass is 299 g/mol. The van der Waals surface area contributed by atoms with Crippen LogP contribution in [0.5, 0.6) is 0 Å². The molecule has 0 aliphatic rings. The number of hydrogen-bond acceptors (Lipinski definition) is 4. The third-order valence-corrected chi connectivity index (χ3v) is 3.38. The molecule has 110 valence electrons. The van der Waals surface area contributed by atoms with Gasteiger partial charge in [-0.3, -0.25) is 0 Å². The summed E-state index contributed by atoms with van der Waals surface area (Å²) < 4.78 is 28.1. The van der Waals surface area contributed by atoms with Crippen molar-refractivity contribution in [2.24, 2.45) is 0 Å². The van der Waals surface area contributed by atoms with E-state index < -0.39 is 6.43 Å². The highest BCUT2D eigenvalue weighted by atomic mass is 19.3. The zero-order valence-corrected chi connectivity index (χ0v) is 11.7. The first-order chi connectivity index (χ1) is 10.7. The third-order valence-electron chi connectivity index (χ3n) is 3.38. The van der Waals surface area contributed by atoms with Crippen LogP contribution < -0.4 is 0 Å². The van der Waals surface area contributed by atoms with Crippen LogP contribution in [0, 0.1) is 11.3 Å². The smallest absolute Gasteiger partial charge is 0.281 e. The molecule has 22 heavy (non-hydrogen) atoms. The summed E-state index contributed by atoms with van der Waals surface area (Å²) in [6.07, 6.45) is -0.275. The topological polar surface area (TPSA) is 67.4 Å². The van der Waals surface area contributed by atoms with Crippen LogP contribution >= 0.6 is 0 Å². The average molecular weight is 299 g/mol. The number of halogens is 2. The summed E-state index contributed by atoms with van der Waals surface area (Å²) in [6, 6.07) is 7.11.